The lowest BCUT2D eigenvalue weighted by molar-refractivity contribution is -0.138. The third-order valence-corrected chi connectivity index (χ3v) is 4.53. The number of aliphatic carboxylic acids is 1. The summed E-state index contributed by atoms with van der Waals surface area (Å²) in [5, 5.41) is 13.8. The summed E-state index contributed by atoms with van der Waals surface area (Å²) in [5.74, 6) is -1.55. The minimum absolute atomic E-state index is 0.0825. The summed E-state index contributed by atoms with van der Waals surface area (Å²) in [5.41, 5.74) is 0.0620. The Bertz CT molecular complexity index is 1030. The summed E-state index contributed by atoms with van der Waals surface area (Å²) in [6, 6.07) is 7.30. The van der Waals surface area contributed by atoms with Gasteiger partial charge < -0.3 is 5.11 Å². The largest absolute Gasteiger partial charge is 0.481 e. The molecule has 9 heteroatoms. The third-order valence-electron chi connectivity index (χ3n) is 4.29. The first-order valence-electron chi connectivity index (χ1n) is 8.37. The summed E-state index contributed by atoms with van der Waals surface area (Å²) in [4.78, 5) is 10.7. The number of aryl methyl sites for hydroxylation is 1. The highest BCUT2D eigenvalue weighted by atomic mass is 35.5. The van der Waals surface area contributed by atoms with Gasteiger partial charge in [-0.15, -0.1) is 0 Å². The first-order chi connectivity index (χ1) is 13.1. The van der Waals surface area contributed by atoms with Crippen molar-refractivity contribution >= 4 is 28.5 Å². The summed E-state index contributed by atoms with van der Waals surface area (Å²) in [6.45, 7) is -0.0836. The van der Waals surface area contributed by atoms with E-state index in [-0.39, 0.29) is 41.9 Å². The van der Waals surface area contributed by atoms with E-state index in [1.807, 2.05) is 0 Å². The molecule has 1 heterocycles. The van der Waals surface area contributed by atoms with E-state index in [9.17, 15) is 22.4 Å². The van der Waals surface area contributed by atoms with Gasteiger partial charge in [-0.1, -0.05) is 23.7 Å². The number of hydrogen-bond donors (Lipinski definition) is 1. The molecule has 148 valence electrons. The average Bonchev–Trinajstić information content (AvgIpc) is 2.93. The van der Waals surface area contributed by atoms with Gasteiger partial charge in [-0.3, -0.25) is 9.48 Å². The molecule has 0 aliphatic carbocycles. The van der Waals surface area contributed by atoms with Crippen LogP contribution in [0.15, 0.2) is 36.4 Å². The van der Waals surface area contributed by atoms with Crippen LogP contribution in [0.5, 0.6) is 0 Å². The smallest absolute Gasteiger partial charge is 0.416 e. The molecule has 1 aromatic heterocycles. The van der Waals surface area contributed by atoms with Crippen LogP contribution in [0.1, 0.15) is 29.7 Å². The molecule has 0 saturated carbocycles. The summed E-state index contributed by atoms with van der Waals surface area (Å²) in [6.07, 6.45) is -4.04. The zero-order valence-corrected chi connectivity index (χ0v) is 15.2. The predicted molar refractivity (Wildman–Crippen MR) is 95.8 cm³/mol. The standard InChI is InChI=1S/C19H15ClF4N2O2/c20-13-6-4-11(15(21)9-13)10-26-17-8-12(19(22,23)24)5-7-14(17)16(25-26)2-1-3-18(27)28/h4-9H,1-3,10H2,(H,27,28). The maximum Gasteiger partial charge on any atom is 0.416 e. The molecule has 0 radical (unpaired) electrons. The molecule has 0 saturated heterocycles. The van der Waals surface area contributed by atoms with Gasteiger partial charge in [0.05, 0.1) is 23.3 Å². The number of alkyl halides is 3. The highest BCUT2D eigenvalue weighted by Gasteiger charge is 2.31. The number of rotatable bonds is 6. The maximum absolute atomic E-state index is 14.1. The number of carboxylic acids is 1. The molecule has 0 bridgehead atoms. The van der Waals surface area contributed by atoms with Gasteiger partial charge in [-0.2, -0.15) is 18.3 Å². The zero-order valence-electron chi connectivity index (χ0n) is 14.4. The lowest BCUT2D eigenvalue weighted by Crippen LogP contribution is -2.07. The van der Waals surface area contributed by atoms with Gasteiger partial charge in [-0.05, 0) is 37.1 Å². The number of fused-ring (bicyclic) bond motifs is 1. The molecule has 3 rings (SSSR count). The van der Waals surface area contributed by atoms with E-state index >= 15 is 0 Å². The number of halogens is 5. The van der Waals surface area contributed by atoms with Crippen molar-refractivity contribution in [3.8, 4) is 0 Å². The van der Waals surface area contributed by atoms with Crippen LogP contribution in [0, 0.1) is 5.82 Å². The number of carbonyl (C=O) groups is 1. The van der Waals surface area contributed by atoms with Gasteiger partial charge in [0.25, 0.3) is 0 Å². The van der Waals surface area contributed by atoms with Gasteiger partial charge >= 0.3 is 12.1 Å². The van der Waals surface area contributed by atoms with Gasteiger partial charge in [0.1, 0.15) is 5.82 Å². The first kappa shape index (κ1) is 20.1. The Morgan fingerprint density at radius 1 is 1.18 bits per heavy atom. The molecule has 28 heavy (non-hydrogen) atoms. The second kappa shape index (κ2) is 7.79. The van der Waals surface area contributed by atoms with E-state index in [4.69, 9.17) is 16.7 Å². The highest BCUT2D eigenvalue weighted by molar-refractivity contribution is 6.30. The van der Waals surface area contributed by atoms with Crippen molar-refractivity contribution in [2.24, 2.45) is 0 Å². The lowest BCUT2D eigenvalue weighted by Gasteiger charge is -2.09. The first-order valence-corrected chi connectivity index (χ1v) is 8.75. The van der Waals surface area contributed by atoms with Gasteiger partial charge in [0, 0.05) is 22.4 Å². The Balaban J connectivity index is 2.04. The quantitative estimate of drug-likeness (QED) is 0.557. The Kier molecular flexibility index (Phi) is 5.60. The van der Waals surface area contributed by atoms with Crippen LogP contribution in [0.25, 0.3) is 10.9 Å². The molecule has 0 unspecified atom stereocenters. The second-order valence-corrected chi connectivity index (χ2v) is 6.75. The molecule has 0 aliphatic rings. The molecule has 0 aliphatic heterocycles. The molecule has 2 aromatic carbocycles. The SMILES string of the molecule is O=C(O)CCCc1nn(Cc2ccc(Cl)cc2F)c2cc(C(F)(F)F)ccc12. The molecular formula is C19H15ClF4N2O2. The van der Waals surface area contributed by atoms with Crippen LogP contribution in [0.2, 0.25) is 5.02 Å². The fourth-order valence-corrected chi connectivity index (χ4v) is 3.10. The molecule has 1 N–H and O–H groups in total. The van der Waals surface area contributed by atoms with Crippen LogP contribution in [0.4, 0.5) is 17.6 Å². The lowest BCUT2D eigenvalue weighted by atomic mass is 10.1. The second-order valence-electron chi connectivity index (χ2n) is 6.32. The van der Waals surface area contributed by atoms with Crippen LogP contribution in [-0.2, 0) is 23.9 Å². The Labute approximate surface area is 162 Å². The number of benzene rings is 2. The predicted octanol–water partition coefficient (Wildman–Crippen LogP) is 5.30. The van der Waals surface area contributed by atoms with E-state index in [0.717, 1.165) is 18.2 Å². The Hall–Kier alpha value is -2.61. The monoisotopic (exact) mass is 414 g/mol. The fourth-order valence-electron chi connectivity index (χ4n) is 2.94. The van der Waals surface area contributed by atoms with Gasteiger partial charge in [-0.25, -0.2) is 4.39 Å². The van der Waals surface area contributed by atoms with Crippen molar-refractivity contribution in [1.82, 2.24) is 9.78 Å². The number of hydrogen-bond acceptors (Lipinski definition) is 2. The van der Waals surface area contributed by atoms with E-state index in [0.29, 0.717) is 11.1 Å². The van der Waals surface area contributed by atoms with Crippen molar-refractivity contribution in [1.29, 1.82) is 0 Å². The van der Waals surface area contributed by atoms with Crippen molar-refractivity contribution < 1.29 is 27.5 Å². The van der Waals surface area contributed by atoms with Crippen molar-refractivity contribution in [2.75, 3.05) is 0 Å². The van der Waals surface area contributed by atoms with Crippen LogP contribution in [-0.4, -0.2) is 20.9 Å². The minimum Gasteiger partial charge on any atom is -0.481 e. The van der Waals surface area contributed by atoms with Gasteiger partial charge in [0.15, 0.2) is 0 Å². The van der Waals surface area contributed by atoms with Crippen LogP contribution < -0.4 is 0 Å². The molecule has 0 amide bonds. The maximum atomic E-state index is 14.1. The molecule has 0 fully saturated rings. The topological polar surface area (TPSA) is 55.1 Å². The summed E-state index contributed by atoms with van der Waals surface area (Å²) >= 11 is 5.74. The minimum atomic E-state index is -4.53. The molecule has 3 aromatic rings. The van der Waals surface area contributed by atoms with E-state index in [1.165, 1.54) is 22.9 Å². The highest BCUT2D eigenvalue weighted by Crippen LogP contribution is 2.33. The van der Waals surface area contributed by atoms with Crippen molar-refractivity contribution in [2.45, 2.75) is 32.0 Å². The molecule has 4 nitrogen and oxygen atoms in total. The van der Waals surface area contributed by atoms with Crippen LogP contribution >= 0.6 is 11.6 Å². The number of aromatic nitrogens is 2. The van der Waals surface area contributed by atoms with Gasteiger partial charge in [0.2, 0.25) is 0 Å². The normalized spacial score (nSPS) is 11.9. The van der Waals surface area contributed by atoms with E-state index < -0.39 is 23.5 Å². The number of nitrogens with zero attached hydrogens (tertiary/aromatic N) is 2. The van der Waals surface area contributed by atoms with Crippen LogP contribution in [0.3, 0.4) is 0 Å². The number of carboxylic acid groups (broad SMARTS) is 1. The Morgan fingerprint density at radius 3 is 2.57 bits per heavy atom. The summed E-state index contributed by atoms with van der Waals surface area (Å²) in [7, 11) is 0. The molecular weight excluding hydrogens is 400 g/mol. The van der Waals surface area contributed by atoms with Crippen molar-refractivity contribution in [3.63, 3.8) is 0 Å². The third kappa shape index (κ3) is 4.44. The van der Waals surface area contributed by atoms with E-state index in [2.05, 4.69) is 5.10 Å². The average molecular weight is 415 g/mol. The molecule has 0 atom stereocenters. The Morgan fingerprint density at radius 2 is 1.93 bits per heavy atom. The fraction of sp³-hybridized carbons (Fsp3) is 0.263. The zero-order chi connectivity index (χ0) is 20.5. The molecule has 0 spiro atoms. The van der Waals surface area contributed by atoms with Crippen molar-refractivity contribution in [3.05, 3.63) is 64.1 Å². The van der Waals surface area contributed by atoms with E-state index in [1.54, 1.807) is 0 Å². The summed E-state index contributed by atoms with van der Waals surface area (Å²) < 4.78 is 54.8.